The van der Waals surface area contributed by atoms with Crippen LogP contribution >= 0.6 is 0 Å². The number of carbonyl (C=O) groups is 2. The van der Waals surface area contributed by atoms with Crippen molar-refractivity contribution < 1.29 is 19.1 Å². The van der Waals surface area contributed by atoms with E-state index in [0.29, 0.717) is 13.0 Å². The lowest BCUT2D eigenvalue weighted by molar-refractivity contribution is -0.137. The summed E-state index contributed by atoms with van der Waals surface area (Å²) in [4.78, 5) is 28.1. The number of ether oxygens (including phenoxy) is 2. The summed E-state index contributed by atoms with van der Waals surface area (Å²) in [6, 6.07) is 6.14. The van der Waals surface area contributed by atoms with Crippen molar-refractivity contribution in [2.45, 2.75) is 32.6 Å². The minimum absolute atomic E-state index is 0.0621. The maximum atomic E-state index is 12.4. The summed E-state index contributed by atoms with van der Waals surface area (Å²) in [5, 5.41) is 2.85. The summed E-state index contributed by atoms with van der Waals surface area (Å²) in [6.45, 7) is 7.03. The Balaban J connectivity index is 1.31. The van der Waals surface area contributed by atoms with E-state index in [2.05, 4.69) is 29.3 Å². The van der Waals surface area contributed by atoms with Gasteiger partial charge in [0.25, 0.3) is 0 Å². The molecule has 0 radical (unpaired) electrons. The zero-order valence-corrected chi connectivity index (χ0v) is 16.5. The van der Waals surface area contributed by atoms with Gasteiger partial charge in [0.1, 0.15) is 0 Å². The summed E-state index contributed by atoms with van der Waals surface area (Å²) in [6.07, 6.45) is 3.33. The Morgan fingerprint density at radius 1 is 1.18 bits per heavy atom. The quantitative estimate of drug-likeness (QED) is 0.799. The summed E-state index contributed by atoms with van der Waals surface area (Å²) in [7, 11) is 0. The minimum Gasteiger partial charge on any atom is -0.454 e. The molecule has 2 saturated heterocycles. The number of benzene rings is 1. The largest absolute Gasteiger partial charge is 0.454 e. The van der Waals surface area contributed by atoms with E-state index >= 15 is 0 Å². The first kappa shape index (κ1) is 19.1. The van der Waals surface area contributed by atoms with Crippen LogP contribution in [-0.4, -0.2) is 67.7 Å². The third kappa shape index (κ3) is 4.41. The fraction of sp³-hybridized carbons (Fsp3) is 0.619. The number of nitrogens with one attached hydrogen (secondary N) is 1. The van der Waals surface area contributed by atoms with Crippen LogP contribution in [0.25, 0.3) is 0 Å². The highest BCUT2D eigenvalue weighted by atomic mass is 16.7. The molecule has 2 fully saturated rings. The molecule has 2 amide bonds. The van der Waals surface area contributed by atoms with E-state index < -0.39 is 0 Å². The van der Waals surface area contributed by atoms with E-state index in [1.165, 1.54) is 5.56 Å². The van der Waals surface area contributed by atoms with E-state index in [0.717, 1.165) is 63.5 Å². The fourth-order valence-corrected chi connectivity index (χ4v) is 4.45. The van der Waals surface area contributed by atoms with E-state index in [-0.39, 0.29) is 24.0 Å². The maximum Gasteiger partial charge on any atom is 0.234 e. The molecule has 0 aromatic heterocycles. The van der Waals surface area contributed by atoms with Crippen molar-refractivity contribution in [3.8, 4) is 11.5 Å². The van der Waals surface area contributed by atoms with Crippen LogP contribution in [0.15, 0.2) is 18.2 Å². The lowest BCUT2D eigenvalue weighted by Crippen LogP contribution is -2.49. The van der Waals surface area contributed by atoms with Gasteiger partial charge >= 0.3 is 0 Å². The van der Waals surface area contributed by atoms with E-state index in [1.54, 1.807) is 0 Å². The number of amides is 2. The van der Waals surface area contributed by atoms with Gasteiger partial charge in [-0.3, -0.25) is 14.5 Å². The first-order valence-corrected chi connectivity index (χ1v) is 10.2. The molecule has 1 atom stereocenters. The number of fused-ring (bicyclic) bond motifs is 1. The monoisotopic (exact) mass is 387 g/mol. The Bertz CT molecular complexity index is 753. The summed E-state index contributed by atoms with van der Waals surface area (Å²) in [5.41, 5.74) is 1.28. The average molecular weight is 387 g/mol. The Kier molecular flexibility index (Phi) is 5.44. The van der Waals surface area contributed by atoms with Crippen LogP contribution in [0.5, 0.6) is 11.5 Å². The van der Waals surface area contributed by atoms with Gasteiger partial charge in [-0.05, 0) is 42.4 Å². The van der Waals surface area contributed by atoms with Crippen LogP contribution < -0.4 is 14.8 Å². The topological polar surface area (TPSA) is 71.1 Å². The zero-order chi connectivity index (χ0) is 19.6. The molecule has 0 saturated carbocycles. The first-order valence-electron chi connectivity index (χ1n) is 10.2. The molecule has 3 heterocycles. The SMILES string of the molecule is CC1(Cc2ccc3c(c2)OCO3)CCC(=O)N(CCCN2CCNC(=O)C2)C1. The molecular formula is C21H29N3O4. The number of hydrogen-bond acceptors (Lipinski definition) is 5. The van der Waals surface area contributed by atoms with Gasteiger partial charge in [0.15, 0.2) is 11.5 Å². The Morgan fingerprint density at radius 2 is 2.04 bits per heavy atom. The smallest absolute Gasteiger partial charge is 0.234 e. The highest BCUT2D eigenvalue weighted by molar-refractivity contribution is 5.78. The van der Waals surface area contributed by atoms with Crippen molar-refractivity contribution in [1.82, 2.24) is 15.1 Å². The fourth-order valence-electron chi connectivity index (χ4n) is 4.45. The first-order chi connectivity index (χ1) is 13.5. The average Bonchev–Trinajstić information content (AvgIpc) is 3.12. The summed E-state index contributed by atoms with van der Waals surface area (Å²) in [5.74, 6) is 1.97. The van der Waals surface area contributed by atoms with Gasteiger partial charge in [0, 0.05) is 39.1 Å². The number of likely N-dealkylation sites (tertiary alicyclic amines) is 1. The number of hydrogen-bond donors (Lipinski definition) is 1. The zero-order valence-electron chi connectivity index (χ0n) is 16.5. The molecule has 0 aliphatic carbocycles. The second-order valence-corrected chi connectivity index (χ2v) is 8.47. The Morgan fingerprint density at radius 3 is 2.89 bits per heavy atom. The maximum absolute atomic E-state index is 12.4. The van der Waals surface area contributed by atoms with E-state index in [1.807, 2.05) is 11.0 Å². The molecule has 1 aromatic carbocycles. The molecule has 4 rings (SSSR count). The molecule has 0 spiro atoms. The number of carbonyl (C=O) groups excluding carboxylic acids is 2. The third-order valence-electron chi connectivity index (χ3n) is 5.96. The molecule has 1 N–H and O–H groups in total. The Hall–Kier alpha value is -2.28. The molecule has 3 aliphatic heterocycles. The predicted octanol–water partition coefficient (Wildman–Crippen LogP) is 1.41. The van der Waals surface area contributed by atoms with Gasteiger partial charge in [-0.2, -0.15) is 0 Å². The van der Waals surface area contributed by atoms with Crippen molar-refractivity contribution in [2.24, 2.45) is 5.41 Å². The highest BCUT2D eigenvalue weighted by Crippen LogP contribution is 2.37. The lowest BCUT2D eigenvalue weighted by atomic mass is 9.76. The number of nitrogens with zero attached hydrogens (tertiary/aromatic N) is 2. The second-order valence-electron chi connectivity index (χ2n) is 8.47. The number of rotatable bonds is 6. The van der Waals surface area contributed by atoms with Crippen molar-refractivity contribution in [1.29, 1.82) is 0 Å². The molecule has 1 aromatic rings. The number of piperidine rings is 1. The van der Waals surface area contributed by atoms with Gasteiger partial charge in [0.2, 0.25) is 18.6 Å². The van der Waals surface area contributed by atoms with Crippen LogP contribution in [0.3, 0.4) is 0 Å². The van der Waals surface area contributed by atoms with Gasteiger partial charge in [-0.1, -0.05) is 13.0 Å². The third-order valence-corrected chi connectivity index (χ3v) is 5.96. The molecule has 3 aliphatic rings. The predicted molar refractivity (Wildman–Crippen MR) is 104 cm³/mol. The van der Waals surface area contributed by atoms with Crippen LogP contribution in [0.2, 0.25) is 0 Å². The summed E-state index contributed by atoms with van der Waals surface area (Å²) >= 11 is 0. The van der Waals surface area contributed by atoms with Crippen molar-refractivity contribution in [3.05, 3.63) is 23.8 Å². The van der Waals surface area contributed by atoms with Gasteiger partial charge in [-0.25, -0.2) is 0 Å². The van der Waals surface area contributed by atoms with Crippen molar-refractivity contribution in [2.75, 3.05) is 46.1 Å². The van der Waals surface area contributed by atoms with Crippen LogP contribution in [-0.2, 0) is 16.0 Å². The molecule has 0 bridgehead atoms. The standard InChI is InChI=1S/C21H29N3O4/c1-21(12-16-3-4-17-18(11-16)28-15-27-17)6-5-20(26)24(14-21)9-2-8-23-10-7-22-19(25)13-23/h3-4,11H,2,5-10,12-15H2,1H3,(H,22,25). The van der Waals surface area contributed by atoms with Crippen LogP contribution in [0, 0.1) is 5.41 Å². The van der Waals surface area contributed by atoms with Crippen LogP contribution in [0.4, 0.5) is 0 Å². The molecule has 28 heavy (non-hydrogen) atoms. The second kappa shape index (κ2) is 7.99. The van der Waals surface area contributed by atoms with E-state index in [9.17, 15) is 9.59 Å². The molecule has 7 heteroatoms. The molecule has 1 unspecified atom stereocenters. The van der Waals surface area contributed by atoms with Gasteiger partial charge < -0.3 is 19.7 Å². The normalized spacial score (nSPS) is 25.1. The molecular weight excluding hydrogens is 358 g/mol. The van der Waals surface area contributed by atoms with Crippen molar-refractivity contribution in [3.63, 3.8) is 0 Å². The highest BCUT2D eigenvalue weighted by Gasteiger charge is 2.35. The van der Waals surface area contributed by atoms with E-state index in [4.69, 9.17) is 9.47 Å². The number of piperazine rings is 1. The molecule has 7 nitrogen and oxygen atoms in total. The van der Waals surface area contributed by atoms with Crippen LogP contribution in [0.1, 0.15) is 31.7 Å². The summed E-state index contributed by atoms with van der Waals surface area (Å²) < 4.78 is 10.9. The van der Waals surface area contributed by atoms with Gasteiger partial charge in [0.05, 0.1) is 6.54 Å². The Labute approximate surface area is 166 Å². The lowest BCUT2D eigenvalue weighted by Gasteiger charge is -2.41. The van der Waals surface area contributed by atoms with Crippen molar-refractivity contribution >= 4 is 11.8 Å². The molecule has 152 valence electrons. The van der Waals surface area contributed by atoms with Gasteiger partial charge in [-0.15, -0.1) is 0 Å². The minimum atomic E-state index is 0.0621.